The van der Waals surface area contributed by atoms with Crippen molar-refractivity contribution >= 4 is 5.82 Å². The summed E-state index contributed by atoms with van der Waals surface area (Å²) in [5.41, 5.74) is 1.23. The van der Waals surface area contributed by atoms with E-state index in [0.717, 1.165) is 18.9 Å². The highest BCUT2D eigenvalue weighted by atomic mass is 15.2. The first kappa shape index (κ1) is 13.5. The Morgan fingerprint density at radius 1 is 1.41 bits per heavy atom. The minimum absolute atomic E-state index is 0.325. The lowest BCUT2D eigenvalue weighted by Crippen LogP contribution is -2.24. The molecular formula is C14H21N3. The SMILES string of the molecule is C=CCN(CC=C)c1cc(C(C)NC)ccn1. The lowest BCUT2D eigenvalue weighted by Gasteiger charge is -2.21. The zero-order valence-electron chi connectivity index (χ0n) is 10.7. The van der Waals surface area contributed by atoms with E-state index in [-0.39, 0.29) is 0 Å². The van der Waals surface area contributed by atoms with Crippen LogP contribution in [0.25, 0.3) is 0 Å². The van der Waals surface area contributed by atoms with Gasteiger partial charge in [0.1, 0.15) is 5.82 Å². The first-order valence-electron chi connectivity index (χ1n) is 5.82. The average Bonchev–Trinajstić information content (AvgIpc) is 2.37. The van der Waals surface area contributed by atoms with E-state index in [4.69, 9.17) is 0 Å². The van der Waals surface area contributed by atoms with Gasteiger partial charge in [-0.1, -0.05) is 12.2 Å². The molecule has 0 spiro atoms. The van der Waals surface area contributed by atoms with Gasteiger partial charge in [0.25, 0.3) is 0 Å². The Labute approximate surface area is 104 Å². The number of pyridine rings is 1. The molecule has 0 fully saturated rings. The van der Waals surface area contributed by atoms with Crippen molar-refractivity contribution < 1.29 is 0 Å². The number of nitrogens with zero attached hydrogens (tertiary/aromatic N) is 2. The van der Waals surface area contributed by atoms with Gasteiger partial charge in [-0.15, -0.1) is 13.2 Å². The second-order valence-corrected chi connectivity index (χ2v) is 3.94. The smallest absolute Gasteiger partial charge is 0.129 e. The Kier molecular flexibility index (Phi) is 5.43. The minimum atomic E-state index is 0.325. The van der Waals surface area contributed by atoms with Crippen molar-refractivity contribution in [2.75, 3.05) is 25.0 Å². The summed E-state index contributed by atoms with van der Waals surface area (Å²) in [6, 6.07) is 4.46. The fourth-order valence-electron chi connectivity index (χ4n) is 1.62. The van der Waals surface area contributed by atoms with E-state index in [2.05, 4.69) is 41.3 Å². The van der Waals surface area contributed by atoms with Crippen LogP contribution in [0.3, 0.4) is 0 Å². The van der Waals surface area contributed by atoms with Crippen molar-refractivity contribution in [3.05, 3.63) is 49.2 Å². The molecule has 3 nitrogen and oxygen atoms in total. The molecule has 0 aliphatic carbocycles. The van der Waals surface area contributed by atoms with Crippen molar-refractivity contribution in [1.82, 2.24) is 10.3 Å². The third-order valence-corrected chi connectivity index (χ3v) is 2.73. The molecule has 1 aromatic rings. The van der Waals surface area contributed by atoms with Crippen LogP contribution in [0.1, 0.15) is 18.5 Å². The molecule has 0 aromatic carbocycles. The maximum Gasteiger partial charge on any atom is 0.129 e. The summed E-state index contributed by atoms with van der Waals surface area (Å²) in [5, 5.41) is 3.22. The van der Waals surface area contributed by atoms with E-state index in [9.17, 15) is 0 Å². The van der Waals surface area contributed by atoms with E-state index in [1.807, 2.05) is 31.5 Å². The van der Waals surface area contributed by atoms with Crippen LogP contribution in [0.15, 0.2) is 43.6 Å². The lowest BCUT2D eigenvalue weighted by atomic mass is 10.1. The zero-order valence-corrected chi connectivity index (χ0v) is 10.7. The van der Waals surface area contributed by atoms with Gasteiger partial charge >= 0.3 is 0 Å². The average molecular weight is 231 g/mol. The Balaban J connectivity index is 2.94. The highest BCUT2D eigenvalue weighted by Crippen LogP contribution is 2.17. The molecule has 17 heavy (non-hydrogen) atoms. The predicted molar refractivity (Wildman–Crippen MR) is 74.3 cm³/mol. The summed E-state index contributed by atoms with van der Waals surface area (Å²) < 4.78 is 0. The summed E-state index contributed by atoms with van der Waals surface area (Å²) in [4.78, 5) is 6.53. The molecular weight excluding hydrogens is 210 g/mol. The van der Waals surface area contributed by atoms with E-state index in [1.54, 1.807) is 0 Å². The van der Waals surface area contributed by atoms with Gasteiger partial charge in [-0.2, -0.15) is 0 Å². The zero-order chi connectivity index (χ0) is 12.7. The van der Waals surface area contributed by atoms with Crippen molar-refractivity contribution in [2.24, 2.45) is 0 Å². The van der Waals surface area contributed by atoms with Crippen LogP contribution in [0.5, 0.6) is 0 Å². The van der Waals surface area contributed by atoms with Crippen LogP contribution in [0, 0.1) is 0 Å². The molecule has 0 amide bonds. The standard InChI is InChI=1S/C14H21N3/c1-5-9-17(10-6-2)14-11-13(7-8-16-14)12(3)15-4/h5-8,11-12,15H,1-2,9-10H2,3-4H3. The maximum absolute atomic E-state index is 4.40. The lowest BCUT2D eigenvalue weighted by molar-refractivity contribution is 0.651. The first-order chi connectivity index (χ1) is 8.22. The molecule has 0 bridgehead atoms. The minimum Gasteiger partial charge on any atom is -0.349 e. The Bertz CT molecular complexity index is 363. The molecule has 1 rings (SSSR count). The number of hydrogen-bond acceptors (Lipinski definition) is 3. The Hall–Kier alpha value is -1.61. The van der Waals surface area contributed by atoms with Crippen LogP contribution in [-0.4, -0.2) is 25.1 Å². The third kappa shape index (κ3) is 3.71. The molecule has 0 saturated carbocycles. The van der Waals surface area contributed by atoms with Crippen LogP contribution in [0.4, 0.5) is 5.82 Å². The molecule has 1 heterocycles. The number of rotatable bonds is 7. The summed E-state index contributed by atoms with van der Waals surface area (Å²) in [7, 11) is 1.95. The number of anilines is 1. The van der Waals surface area contributed by atoms with Crippen molar-refractivity contribution in [3.63, 3.8) is 0 Å². The van der Waals surface area contributed by atoms with Gasteiger partial charge in [0.15, 0.2) is 0 Å². The molecule has 0 aliphatic heterocycles. The molecule has 1 N–H and O–H groups in total. The van der Waals surface area contributed by atoms with E-state index in [0.29, 0.717) is 6.04 Å². The summed E-state index contributed by atoms with van der Waals surface area (Å²) in [5.74, 6) is 0.962. The van der Waals surface area contributed by atoms with Gasteiger partial charge < -0.3 is 10.2 Å². The topological polar surface area (TPSA) is 28.2 Å². The second kappa shape index (κ2) is 6.86. The largest absolute Gasteiger partial charge is 0.349 e. The third-order valence-electron chi connectivity index (χ3n) is 2.73. The fourth-order valence-corrected chi connectivity index (χ4v) is 1.62. The summed E-state index contributed by atoms with van der Waals surface area (Å²) in [6.45, 7) is 11.2. The van der Waals surface area contributed by atoms with Gasteiger partial charge in [-0.3, -0.25) is 0 Å². The Morgan fingerprint density at radius 2 is 2.06 bits per heavy atom. The summed E-state index contributed by atoms with van der Waals surface area (Å²) >= 11 is 0. The second-order valence-electron chi connectivity index (χ2n) is 3.94. The number of aromatic nitrogens is 1. The van der Waals surface area contributed by atoms with Gasteiger partial charge in [0, 0.05) is 25.3 Å². The Morgan fingerprint density at radius 3 is 2.59 bits per heavy atom. The first-order valence-corrected chi connectivity index (χ1v) is 5.82. The molecule has 1 aromatic heterocycles. The summed E-state index contributed by atoms with van der Waals surface area (Å²) in [6.07, 6.45) is 5.59. The fraction of sp³-hybridized carbons (Fsp3) is 0.357. The van der Waals surface area contributed by atoms with Crippen molar-refractivity contribution in [1.29, 1.82) is 0 Å². The van der Waals surface area contributed by atoms with Crippen LogP contribution < -0.4 is 10.2 Å². The van der Waals surface area contributed by atoms with E-state index in [1.165, 1.54) is 5.56 Å². The molecule has 0 aliphatic rings. The van der Waals surface area contributed by atoms with E-state index >= 15 is 0 Å². The molecule has 0 radical (unpaired) electrons. The number of nitrogens with one attached hydrogen (secondary N) is 1. The molecule has 3 heteroatoms. The van der Waals surface area contributed by atoms with Crippen LogP contribution in [0.2, 0.25) is 0 Å². The number of hydrogen-bond donors (Lipinski definition) is 1. The monoisotopic (exact) mass is 231 g/mol. The normalized spacial score (nSPS) is 11.9. The van der Waals surface area contributed by atoms with Gasteiger partial charge in [-0.25, -0.2) is 4.98 Å². The molecule has 92 valence electrons. The molecule has 1 atom stereocenters. The van der Waals surface area contributed by atoms with Crippen molar-refractivity contribution in [3.8, 4) is 0 Å². The highest BCUT2D eigenvalue weighted by molar-refractivity contribution is 5.43. The quantitative estimate of drug-likeness (QED) is 0.731. The van der Waals surface area contributed by atoms with E-state index < -0.39 is 0 Å². The maximum atomic E-state index is 4.40. The molecule has 0 saturated heterocycles. The highest BCUT2D eigenvalue weighted by Gasteiger charge is 2.08. The van der Waals surface area contributed by atoms with Crippen LogP contribution in [-0.2, 0) is 0 Å². The van der Waals surface area contributed by atoms with Gasteiger partial charge in [0.2, 0.25) is 0 Å². The van der Waals surface area contributed by atoms with Gasteiger partial charge in [-0.05, 0) is 31.7 Å². The molecule has 1 unspecified atom stereocenters. The van der Waals surface area contributed by atoms with Crippen LogP contribution >= 0.6 is 0 Å². The van der Waals surface area contributed by atoms with Crippen molar-refractivity contribution in [2.45, 2.75) is 13.0 Å². The predicted octanol–water partition coefficient (Wildman–Crippen LogP) is 2.54. The van der Waals surface area contributed by atoms with Gasteiger partial charge in [0.05, 0.1) is 0 Å².